The standard InChI is InChI=1S/C21H24N2O/c1-24-20-9-5-8-18(14-20)21(16-22)12-10-19(11-13-21)23-15-17-6-3-2-4-7-17/h2-9,14,19,23H,10-13,15H2,1H3. The molecule has 1 fully saturated rings. The van der Waals surface area contributed by atoms with Crippen molar-refractivity contribution in [3.05, 3.63) is 65.7 Å². The molecule has 0 saturated heterocycles. The number of nitriles is 1. The molecule has 1 saturated carbocycles. The highest BCUT2D eigenvalue weighted by atomic mass is 16.5. The average molecular weight is 320 g/mol. The highest BCUT2D eigenvalue weighted by Gasteiger charge is 2.37. The monoisotopic (exact) mass is 320 g/mol. The number of nitrogens with one attached hydrogen (secondary N) is 1. The minimum atomic E-state index is -0.376. The quantitative estimate of drug-likeness (QED) is 0.898. The maximum atomic E-state index is 9.84. The molecule has 0 heterocycles. The van der Waals surface area contributed by atoms with Gasteiger partial charge in [0.15, 0.2) is 0 Å². The average Bonchev–Trinajstić information content (AvgIpc) is 2.67. The van der Waals surface area contributed by atoms with Gasteiger partial charge in [-0.25, -0.2) is 0 Å². The highest BCUT2D eigenvalue weighted by Crippen LogP contribution is 2.40. The van der Waals surface area contributed by atoms with Crippen molar-refractivity contribution in [3.63, 3.8) is 0 Å². The van der Waals surface area contributed by atoms with E-state index in [1.54, 1.807) is 7.11 Å². The molecule has 1 aliphatic carbocycles. The smallest absolute Gasteiger partial charge is 0.119 e. The van der Waals surface area contributed by atoms with Crippen LogP contribution in [0.3, 0.4) is 0 Å². The molecule has 0 atom stereocenters. The van der Waals surface area contributed by atoms with Gasteiger partial charge in [-0.1, -0.05) is 42.5 Å². The van der Waals surface area contributed by atoms with Crippen molar-refractivity contribution in [2.75, 3.05) is 7.11 Å². The van der Waals surface area contributed by atoms with Crippen LogP contribution in [0.4, 0.5) is 0 Å². The fraction of sp³-hybridized carbons (Fsp3) is 0.381. The Bertz CT molecular complexity index is 697. The van der Waals surface area contributed by atoms with Crippen LogP contribution >= 0.6 is 0 Å². The van der Waals surface area contributed by atoms with Gasteiger partial charge in [0, 0.05) is 12.6 Å². The number of ether oxygens (including phenoxy) is 1. The third-order valence-electron chi connectivity index (χ3n) is 5.11. The maximum Gasteiger partial charge on any atom is 0.119 e. The van der Waals surface area contributed by atoms with E-state index >= 15 is 0 Å². The predicted molar refractivity (Wildman–Crippen MR) is 95.8 cm³/mol. The Balaban J connectivity index is 1.62. The molecular weight excluding hydrogens is 296 g/mol. The fourth-order valence-electron chi connectivity index (χ4n) is 3.56. The summed E-state index contributed by atoms with van der Waals surface area (Å²) in [6.07, 6.45) is 3.83. The van der Waals surface area contributed by atoms with E-state index in [1.165, 1.54) is 5.56 Å². The summed E-state index contributed by atoms with van der Waals surface area (Å²) in [5.41, 5.74) is 2.02. The molecule has 24 heavy (non-hydrogen) atoms. The summed E-state index contributed by atoms with van der Waals surface area (Å²) in [6.45, 7) is 0.893. The third-order valence-corrected chi connectivity index (χ3v) is 5.11. The van der Waals surface area contributed by atoms with Crippen LogP contribution in [0.1, 0.15) is 36.8 Å². The Morgan fingerprint density at radius 2 is 1.88 bits per heavy atom. The van der Waals surface area contributed by atoms with Crippen molar-refractivity contribution < 1.29 is 4.74 Å². The SMILES string of the molecule is COc1cccc(C2(C#N)CCC(NCc3ccccc3)CC2)c1. The van der Waals surface area contributed by atoms with Crippen molar-refractivity contribution in [3.8, 4) is 11.8 Å². The van der Waals surface area contributed by atoms with Gasteiger partial charge >= 0.3 is 0 Å². The minimum Gasteiger partial charge on any atom is -0.497 e. The molecule has 1 aliphatic rings. The lowest BCUT2D eigenvalue weighted by molar-refractivity contribution is 0.294. The topological polar surface area (TPSA) is 45.0 Å². The van der Waals surface area contributed by atoms with Crippen molar-refractivity contribution in [2.24, 2.45) is 0 Å². The summed E-state index contributed by atoms with van der Waals surface area (Å²) < 4.78 is 5.32. The highest BCUT2D eigenvalue weighted by molar-refractivity contribution is 5.38. The molecule has 0 spiro atoms. The van der Waals surface area contributed by atoms with Crippen LogP contribution in [0.25, 0.3) is 0 Å². The second-order valence-electron chi connectivity index (χ2n) is 6.57. The van der Waals surface area contributed by atoms with Gasteiger partial charge < -0.3 is 10.1 Å². The molecule has 3 heteroatoms. The number of nitrogens with zero attached hydrogens (tertiary/aromatic N) is 1. The zero-order chi connectivity index (χ0) is 16.8. The molecule has 1 N–H and O–H groups in total. The lowest BCUT2D eigenvalue weighted by Gasteiger charge is -2.36. The van der Waals surface area contributed by atoms with Crippen LogP contribution in [-0.4, -0.2) is 13.2 Å². The second kappa shape index (κ2) is 7.51. The van der Waals surface area contributed by atoms with E-state index in [4.69, 9.17) is 4.74 Å². The van der Waals surface area contributed by atoms with Crippen molar-refractivity contribution in [2.45, 2.75) is 43.7 Å². The van der Waals surface area contributed by atoms with Gasteiger partial charge in [-0.15, -0.1) is 0 Å². The van der Waals surface area contributed by atoms with Gasteiger partial charge in [0.05, 0.1) is 18.6 Å². The zero-order valence-electron chi connectivity index (χ0n) is 14.2. The summed E-state index contributed by atoms with van der Waals surface area (Å²) in [7, 11) is 1.67. The summed E-state index contributed by atoms with van der Waals surface area (Å²) in [5.74, 6) is 0.825. The normalized spacial score (nSPS) is 23.4. The van der Waals surface area contributed by atoms with Gasteiger partial charge in [0.1, 0.15) is 5.75 Å². The lowest BCUT2D eigenvalue weighted by Crippen LogP contribution is -2.38. The first-order valence-electron chi connectivity index (χ1n) is 8.59. The van der Waals surface area contributed by atoms with Crippen LogP contribution < -0.4 is 10.1 Å². The molecule has 0 radical (unpaired) electrons. The fourth-order valence-corrected chi connectivity index (χ4v) is 3.56. The lowest BCUT2D eigenvalue weighted by atomic mass is 9.69. The second-order valence-corrected chi connectivity index (χ2v) is 6.57. The number of rotatable bonds is 5. The van der Waals surface area contributed by atoms with Crippen molar-refractivity contribution in [1.82, 2.24) is 5.32 Å². The van der Waals surface area contributed by atoms with E-state index in [0.717, 1.165) is 43.5 Å². The Labute approximate surface area is 144 Å². The molecule has 3 nitrogen and oxygen atoms in total. The Morgan fingerprint density at radius 1 is 1.12 bits per heavy atom. The van der Waals surface area contributed by atoms with Crippen LogP contribution in [0.2, 0.25) is 0 Å². The number of methoxy groups -OCH3 is 1. The summed E-state index contributed by atoms with van der Waals surface area (Å²) in [4.78, 5) is 0. The van der Waals surface area contributed by atoms with E-state index in [2.05, 4.69) is 41.7 Å². The van der Waals surface area contributed by atoms with E-state index in [9.17, 15) is 5.26 Å². The molecular formula is C21H24N2O. The molecule has 0 aromatic heterocycles. The molecule has 124 valence electrons. The Morgan fingerprint density at radius 3 is 2.54 bits per heavy atom. The maximum absolute atomic E-state index is 9.84. The molecule has 0 unspecified atom stereocenters. The predicted octanol–water partition coefficient (Wildman–Crippen LogP) is 4.19. The van der Waals surface area contributed by atoms with Gasteiger partial charge in [-0.3, -0.25) is 0 Å². The van der Waals surface area contributed by atoms with E-state index in [1.807, 2.05) is 24.3 Å². The van der Waals surface area contributed by atoms with Gasteiger partial charge in [0.25, 0.3) is 0 Å². The number of hydrogen-bond acceptors (Lipinski definition) is 3. The van der Waals surface area contributed by atoms with Gasteiger partial charge in [0.2, 0.25) is 0 Å². The molecule has 2 aromatic carbocycles. The minimum absolute atomic E-state index is 0.376. The van der Waals surface area contributed by atoms with E-state index < -0.39 is 0 Å². The summed E-state index contributed by atoms with van der Waals surface area (Å²) >= 11 is 0. The summed E-state index contributed by atoms with van der Waals surface area (Å²) in [5, 5.41) is 13.5. The van der Waals surface area contributed by atoms with Crippen LogP contribution in [0, 0.1) is 11.3 Å². The van der Waals surface area contributed by atoms with E-state index in [-0.39, 0.29) is 5.41 Å². The van der Waals surface area contributed by atoms with Crippen LogP contribution in [-0.2, 0) is 12.0 Å². The van der Waals surface area contributed by atoms with Gasteiger partial charge in [-0.05, 0) is 48.9 Å². The molecule has 2 aromatic rings. The Hall–Kier alpha value is -2.31. The van der Waals surface area contributed by atoms with Crippen LogP contribution in [0.5, 0.6) is 5.75 Å². The van der Waals surface area contributed by atoms with Crippen LogP contribution in [0.15, 0.2) is 54.6 Å². The Kier molecular flexibility index (Phi) is 5.17. The van der Waals surface area contributed by atoms with Crippen molar-refractivity contribution in [1.29, 1.82) is 5.26 Å². The third kappa shape index (κ3) is 3.60. The zero-order valence-corrected chi connectivity index (χ0v) is 14.2. The molecule has 0 amide bonds. The molecule has 0 bridgehead atoms. The molecule has 0 aliphatic heterocycles. The molecule has 3 rings (SSSR count). The van der Waals surface area contributed by atoms with Crippen molar-refractivity contribution >= 4 is 0 Å². The summed E-state index contributed by atoms with van der Waals surface area (Å²) in [6, 6.07) is 21.5. The van der Waals surface area contributed by atoms with E-state index in [0.29, 0.717) is 6.04 Å². The first-order chi connectivity index (χ1) is 11.8. The number of benzene rings is 2. The largest absolute Gasteiger partial charge is 0.497 e. The first-order valence-corrected chi connectivity index (χ1v) is 8.59. The number of hydrogen-bond donors (Lipinski definition) is 1. The first kappa shape index (κ1) is 16.5. The van der Waals surface area contributed by atoms with Gasteiger partial charge in [-0.2, -0.15) is 5.26 Å².